The molecule has 0 spiro atoms. The van der Waals surface area contributed by atoms with E-state index in [4.69, 9.17) is 4.74 Å². The third-order valence-electron chi connectivity index (χ3n) is 5.75. The van der Waals surface area contributed by atoms with E-state index in [1.54, 1.807) is 24.8 Å². The van der Waals surface area contributed by atoms with E-state index in [-0.39, 0.29) is 0 Å². The van der Waals surface area contributed by atoms with Crippen LogP contribution in [0.15, 0.2) is 110 Å². The molecule has 0 N–H and O–H groups in total. The summed E-state index contributed by atoms with van der Waals surface area (Å²) in [6, 6.07) is 21.3. The van der Waals surface area contributed by atoms with Crippen molar-refractivity contribution in [1.29, 1.82) is 0 Å². The van der Waals surface area contributed by atoms with Gasteiger partial charge in [0.25, 0.3) is 0 Å². The Hall–Kier alpha value is -4.38. The average molecular weight is 447 g/mol. The van der Waals surface area contributed by atoms with Crippen molar-refractivity contribution in [3.05, 3.63) is 116 Å². The lowest BCUT2D eigenvalue weighted by atomic mass is 10.0. The molecule has 3 heterocycles. The van der Waals surface area contributed by atoms with Crippen LogP contribution in [0.3, 0.4) is 0 Å². The molecular weight excluding hydrogens is 420 g/mol. The van der Waals surface area contributed by atoms with Crippen molar-refractivity contribution in [2.75, 3.05) is 11.4 Å². The van der Waals surface area contributed by atoms with Gasteiger partial charge in [0.2, 0.25) is 0 Å². The second-order valence-electron chi connectivity index (χ2n) is 8.07. The average Bonchev–Trinajstić information content (AvgIpc) is 2.88. The SMILES string of the molecule is C=CCN(/C=C/C)Cc1ccc(-c2ccc(N3c4ccncc4Oc4cnccc43)cc2)cc1. The number of hydrogen-bond acceptors (Lipinski definition) is 5. The Morgan fingerprint density at radius 1 is 0.853 bits per heavy atom. The van der Waals surface area contributed by atoms with Gasteiger partial charge in [-0.3, -0.25) is 9.97 Å². The van der Waals surface area contributed by atoms with Crippen LogP contribution in [-0.2, 0) is 6.54 Å². The van der Waals surface area contributed by atoms with Gasteiger partial charge >= 0.3 is 0 Å². The van der Waals surface area contributed by atoms with Crippen molar-refractivity contribution in [3.8, 4) is 22.6 Å². The van der Waals surface area contributed by atoms with E-state index in [0.29, 0.717) is 11.5 Å². The number of ether oxygens (including phenoxy) is 1. The lowest BCUT2D eigenvalue weighted by molar-refractivity contribution is 0.409. The molecule has 168 valence electrons. The quantitative estimate of drug-likeness (QED) is 0.246. The summed E-state index contributed by atoms with van der Waals surface area (Å²) in [6.07, 6.45) is 13.1. The lowest BCUT2D eigenvalue weighted by Crippen LogP contribution is -2.16. The van der Waals surface area contributed by atoms with Crippen LogP contribution >= 0.6 is 0 Å². The summed E-state index contributed by atoms with van der Waals surface area (Å²) in [6.45, 7) is 7.57. The number of nitrogens with zero attached hydrogens (tertiary/aromatic N) is 4. The Bertz CT molecular complexity index is 1270. The first-order valence-electron chi connectivity index (χ1n) is 11.3. The van der Waals surface area contributed by atoms with Gasteiger partial charge in [-0.2, -0.15) is 0 Å². The van der Waals surface area contributed by atoms with Crippen LogP contribution < -0.4 is 9.64 Å². The van der Waals surface area contributed by atoms with Crippen molar-refractivity contribution in [1.82, 2.24) is 14.9 Å². The molecule has 5 rings (SSSR count). The van der Waals surface area contributed by atoms with Crippen molar-refractivity contribution in [2.24, 2.45) is 0 Å². The summed E-state index contributed by atoms with van der Waals surface area (Å²) in [5, 5.41) is 0. The zero-order chi connectivity index (χ0) is 23.3. The molecule has 0 atom stereocenters. The zero-order valence-electron chi connectivity index (χ0n) is 19.1. The number of pyridine rings is 2. The number of anilines is 3. The van der Waals surface area contributed by atoms with E-state index in [9.17, 15) is 0 Å². The molecule has 0 bridgehead atoms. The molecule has 5 heteroatoms. The van der Waals surface area contributed by atoms with Gasteiger partial charge in [-0.25, -0.2) is 0 Å². The third-order valence-corrected chi connectivity index (χ3v) is 5.75. The number of aromatic nitrogens is 2. The fraction of sp³-hybridized carbons (Fsp3) is 0.103. The maximum atomic E-state index is 6.01. The van der Waals surface area contributed by atoms with Gasteiger partial charge in [0.05, 0.1) is 23.8 Å². The first-order valence-corrected chi connectivity index (χ1v) is 11.3. The molecule has 4 aromatic rings. The Morgan fingerprint density at radius 2 is 1.44 bits per heavy atom. The van der Waals surface area contributed by atoms with Crippen LogP contribution in [0.2, 0.25) is 0 Å². The maximum Gasteiger partial charge on any atom is 0.169 e. The summed E-state index contributed by atoms with van der Waals surface area (Å²) in [5.41, 5.74) is 6.59. The Balaban J connectivity index is 1.40. The van der Waals surface area contributed by atoms with Crippen molar-refractivity contribution in [2.45, 2.75) is 13.5 Å². The number of rotatable bonds is 7. The third kappa shape index (κ3) is 4.28. The highest BCUT2D eigenvalue weighted by atomic mass is 16.5. The van der Waals surface area contributed by atoms with Gasteiger partial charge in [-0.15, -0.1) is 6.58 Å². The second-order valence-corrected chi connectivity index (χ2v) is 8.07. The van der Waals surface area contributed by atoms with E-state index >= 15 is 0 Å². The predicted molar refractivity (Wildman–Crippen MR) is 138 cm³/mol. The highest BCUT2D eigenvalue weighted by Crippen LogP contribution is 2.49. The molecule has 2 aromatic heterocycles. The molecule has 1 aliphatic heterocycles. The van der Waals surface area contributed by atoms with Gasteiger partial charge in [0.1, 0.15) is 0 Å². The number of benzene rings is 2. The van der Waals surface area contributed by atoms with E-state index in [2.05, 4.69) is 87.2 Å². The minimum absolute atomic E-state index is 0.714. The Labute approximate surface area is 200 Å². The Kier molecular flexibility index (Phi) is 6.08. The van der Waals surface area contributed by atoms with Crippen LogP contribution in [-0.4, -0.2) is 21.4 Å². The summed E-state index contributed by atoms with van der Waals surface area (Å²) in [7, 11) is 0. The first kappa shape index (κ1) is 21.5. The van der Waals surface area contributed by atoms with Gasteiger partial charge in [-0.1, -0.05) is 48.6 Å². The largest absolute Gasteiger partial charge is 0.450 e. The maximum absolute atomic E-state index is 6.01. The molecule has 0 amide bonds. The molecule has 0 fully saturated rings. The van der Waals surface area contributed by atoms with Gasteiger partial charge in [-0.05, 0) is 54.1 Å². The molecular formula is C29H26N4O. The topological polar surface area (TPSA) is 41.5 Å². The molecule has 2 aromatic carbocycles. The van der Waals surface area contributed by atoms with Crippen LogP contribution in [0.5, 0.6) is 11.5 Å². The van der Waals surface area contributed by atoms with Crippen LogP contribution in [0.1, 0.15) is 12.5 Å². The highest BCUT2D eigenvalue weighted by Gasteiger charge is 2.25. The number of fused-ring (bicyclic) bond motifs is 2. The van der Waals surface area contributed by atoms with Crippen molar-refractivity contribution in [3.63, 3.8) is 0 Å². The van der Waals surface area contributed by atoms with Crippen LogP contribution in [0.4, 0.5) is 17.1 Å². The van der Waals surface area contributed by atoms with Gasteiger partial charge < -0.3 is 14.5 Å². The molecule has 0 saturated carbocycles. The molecule has 34 heavy (non-hydrogen) atoms. The summed E-state index contributed by atoms with van der Waals surface area (Å²) in [4.78, 5) is 12.8. The predicted octanol–water partition coefficient (Wildman–Crippen LogP) is 7.24. The summed E-state index contributed by atoms with van der Waals surface area (Å²) >= 11 is 0. The lowest BCUT2D eigenvalue weighted by Gasteiger charge is -2.32. The molecule has 0 radical (unpaired) electrons. The van der Waals surface area contributed by atoms with Crippen molar-refractivity contribution < 1.29 is 4.74 Å². The standard InChI is InChI=1S/C29H26N4O/c1-3-17-32(18-4-2)21-22-5-7-23(8-6-22)24-9-11-25(12-10-24)33-26-13-15-30-19-28(26)34-29-20-31-16-14-27(29)33/h3-16,18-20H,1,17,21H2,2H3/b18-4+. The van der Waals surface area contributed by atoms with Crippen LogP contribution in [0, 0.1) is 0 Å². The molecule has 1 aliphatic rings. The molecule has 0 aliphatic carbocycles. The first-order chi connectivity index (χ1) is 16.8. The van der Waals surface area contributed by atoms with E-state index in [1.165, 1.54) is 16.7 Å². The minimum atomic E-state index is 0.714. The number of hydrogen-bond donors (Lipinski definition) is 0. The van der Waals surface area contributed by atoms with Crippen molar-refractivity contribution >= 4 is 17.1 Å². The second kappa shape index (κ2) is 9.63. The zero-order valence-corrected chi connectivity index (χ0v) is 19.1. The summed E-state index contributed by atoms with van der Waals surface area (Å²) in [5.74, 6) is 1.43. The number of allylic oxidation sites excluding steroid dienone is 1. The molecule has 5 nitrogen and oxygen atoms in total. The Morgan fingerprint density at radius 3 is 2.00 bits per heavy atom. The van der Waals surface area contributed by atoms with E-state index in [0.717, 1.165) is 30.2 Å². The fourth-order valence-corrected chi connectivity index (χ4v) is 4.19. The molecule has 0 saturated heterocycles. The van der Waals surface area contributed by atoms with E-state index in [1.807, 2.05) is 25.1 Å². The van der Waals surface area contributed by atoms with Crippen LogP contribution in [0.25, 0.3) is 11.1 Å². The normalized spacial score (nSPS) is 12.1. The molecule has 0 unspecified atom stereocenters. The van der Waals surface area contributed by atoms with E-state index < -0.39 is 0 Å². The minimum Gasteiger partial charge on any atom is -0.450 e. The fourth-order valence-electron chi connectivity index (χ4n) is 4.19. The monoisotopic (exact) mass is 446 g/mol. The van der Waals surface area contributed by atoms with Gasteiger partial charge in [0.15, 0.2) is 11.5 Å². The highest BCUT2D eigenvalue weighted by molar-refractivity contribution is 5.86. The summed E-state index contributed by atoms with van der Waals surface area (Å²) < 4.78 is 6.01. The smallest absolute Gasteiger partial charge is 0.169 e. The van der Waals surface area contributed by atoms with Gasteiger partial charge in [0, 0.05) is 31.2 Å².